The molecule has 0 radical (unpaired) electrons. The number of benzene rings is 3. The van der Waals surface area contributed by atoms with Crippen LogP contribution in [0.25, 0.3) is 11.1 Å². The summed E-state index contributed by atoms with van der Waals surface area (Å²) in [5.41, 5.74) is 3.30. The maximum Gasteiger partial charge on any atom is 0.303 e. The Morgan fingerprint density at radius 2 is 1.73 bits per heavy atom. The molecule has 0 heterocycles. The van der Waals surface area contributed by atoms with E-state index < -0.39 is 17.5 Å². The lowest BCUT2D eigenvalue weighted by atomic mass is 9.80. The van der Waals surface area contributed by atoms with Crippen LogP contribution in [-0.4, -0.2) is 39.0 Å². The van der Waals surface area contributed by atoms with Crippen molar-refractivity contribution in [1.82, 2.24) is 0 Å². The van der Waals surface area contributed by atoms with E-state index >= 15 is 4.39 Å². The number of ether oxygens (including phenoxy) is 4. The molecule has 1 N–H and O–H groups in total. The van der Waals surface area contributed by atoms with Crippen LogP contribution in [0.15, 0.2) is 60.7 Å². The quantitative estimate of drug-likeness (QED) is 0.285. The largest absolute Gasteiger partial charge is 0.497 e. The maximum absolute atomic E-state index is 15.0. The maximum atomic E-state index is 15.0. The lowest BCUT2D eigenvalue weighted by Gasteiger charge is -2.34. The van der Waals surface area contributed by atoms with Crippen LogP contribution in [0.1, 0.15) is 43.1 Å². The molecule has 0 spiro atoms. The molecule has 0 amide bonds. The van der Waals surface area contributed by atoms with Crippen molar-refractivity contribution < 1.29 is 33.2 Å². The van der Waals surface area contributed by atoms with Crippen molar-refractivity contribution >= 4 is 5.97 Å². The Morgan fingerprint density at radius 1 is 0.946 bits per heavy atom. The molecule has 3 aromatic carbocycles. The number of rotatable bonds is 13. The summed E-state index contributed by atoms with van der Waals surface area (Å²) in [5, 5.41) is 8.95. The van der Waals surface area contributed by atoms with E-state index in [1.165, 1.54) is 6.07 Å². The van der Waals surface area contributed by atoms with Crippen molar-refractivity contribution in [2.24, 2.45) is 5.41 Å². The van der Waals surface area contributed by atoms with Gasteiger partial charge in [-0.2, -0.15) is 0 Å². The zero-order valence-electron chi connectivity index (χ0n) is 22.0. The second-order valence-electron chi connectivity index (χ2n) is 9.63. The fourth-order valence-corrected chi connectivity index (χ4v) is 4.53. The molecule has 0 saturated carbocycles. The van der Waals surface area contributed by atoms with Crippen LogP contribution >= 0.6 is 0 Å². The Labute approximate surface area is 218 Å². The molecule has 6 nitrogen and oxygen atoms in total. The average molecular weight is 511 g/mol. The predicted molar refractivity (Wildman–Crippen MR) is 141 cm³/mol. The zero-order chi connectivity index (χ0) is 27.0. The number of hydrogen-bond acceptors (Lipinski definition) is 5. The lowest BCUT2D eigenvalue weighted by Crippen LogP contribution is -2.29. The molecule has 0 aliphatic carbocycles. The van der Waals surface area contributed by atoms with Crippen LogP contribution in [-0.2, 0) is 27.3 Å². The van der Waals surface area contributed by atoms with Gasteiger partial charge in [0.15, 0.2) is 0 Å². The molecular weight excluding hydrogens is 475 g/mol. The Morgan fingerprint density at radius 3 is 2.41 bits per heavy atom. The van der Waals surface area contributed by atoms with Crippen LogP contribution < -0.4 is 9.47 Å². The first kappa shape index (κ1) is 28.2. The lowest BCUT2D eigenvalue weighted by molar-refractivity contribution is -0.136. The van der Waals surface area contributed by atoms with Gasteiger partial charge < -0.3 is 24.1 Å². The van der Waals surface area contributed by atoms with Gasteiger partial charge >= 0.3 is 5.97 Å². The molecule has 0 aromatic heterocycles. The number of aliphatic carboxylic acids is 1. The number of halogens is 1. The van der Waals surface area contributed by atoms with Gasteiger partial charge in [0.05, 0.1) is 19.8 Å². The smallest absolute Gasteiger partial charge is 0.303 e. The van der Waals surface area contributed by atoms with E-state index in [1.54, 1.807) is 33.5 Å². The fraction of sp³-hybridized carbons (Fsp3) is 0.367. The van der Waals surface area contributed by atoms with Crippen LogP contribution in [0.2, 0.25) is 0 Å². The van der Waals surface area contributed by atoms with Gasteiger partial charge in [0.25, 0.3) is 0 Å². The van der Waals surface area contributed by atoms with Crippen molar-refractivity contribution in [3.63, 3.8) is 0 Å². The number of hydrogen-bond donors (Lipinski definition) is 1. The first-order valence-electron chi connectivity index (χ1n) is 12.1. The van der Waals surface area contributed by atoms with E-state index in [1.807, 2.05) is 56.3 Å². The summed E-state index contributed by atoms with van der Waals surface area (Å²) >= 11 is 0. The van der Waals surface area contributed by atoms with Crippen molar-refractivity contribution in [2.45, 2.75) is 39.4 Å². The van der Waals surface area contributed by atoms with Crippen molar-refractivity contribution in [3.05, 3.63) is 83.2 Å². The molecule has 3 rings (SSSR count). The third-order valence-electron chi connectivity index (χ3n) is 6.26. The number of carbonyl (C=O) groups is 1. The van der Waals surface area contributed by atoms with Crippen LogP contribution in [0, 0.1) is 11.2 Å². The molecule has 0 saturated heterocycles. The Kier molecular flexibility index (Phi) is 9.66. The van der Waals surface area contributed by atoms with Gasteiger partial charge in [-0.1, -0.05) is 38.1 Å². The molecule has 1 unspecified atom stereocenters. The Balaban J connectivity index is 1.98. The molecule has 198 valence electrons. The average Bonchev–Trinajstić information content (AvgIpc) is 2.87. The van der Waals surface area contributed by atoms with Gasteiger partial charge in [0.1, 0.15) is 23.9 Å². The molecular formula is C30H35FO6. The summed E-state index contributed by atoms with van der Waals surface area (Å²) in [6, 6.07) is 17.9. The van der Waals surface area contributed by atoms with Crippen LogP contribution in [0.4, 0.5) is 4.39 Å². The normalized spacial score (nSPS) is 12.3. The predicted octanol–water partition coefficient (Wildman–Crippen LogP) is 6.46. The monoisotopic (exact) mass is 510 g/mol. The molecule has 0 bridgehead atoms. The second kappa shape index (κ2) is 12.7. The number of methoxy groups -OCH3 is 3. The summed E-state index contributed by atoms with van der Waals surface area (Å²) in [6.45, 7) is 4.80. The molecule has 0 aliphatic heterocycles. The minimum Gasteiger partial charge on any atom is -0.497 e. The van der Waals surface area contributed by atoms with Gasteiger partial charge in [-0.05, 0) is 65.1 Å². The highest BCUT2D eigenvalue weighted by atomic mass is 19.1. The number of carboxylic acids is 1. The van der Waals surface area contributed by atoms with E-state index in [-0.39, 0.29) is 18.8 Å². The zero-order valence-corrected chi connectivity index (χ0v) is 22.0. The highest BCUT2D eigenvalue weighted by Gasteiger charge is 2.33. The van der Waals surface area contributed by atoms with Gasteiger partial charge in [-0.15, -0.1) is 0 Å². The molecule has 0 aliphatic rings. The molecule has 1 atom stereocenters. The van der Waals surface area contributed by atoms with E-state index in [2.05, 4.69) is 0 Å². The minimum absolute atomic E-state index is 0.0603. The van der Waals surface area contributed by atoms with E-state index in [0.717, 1.165) is 16.7 Å². The standard InChI is InChI=1S/C30H35FO6/c1-30(2,19-34-3)29(36-5)26-16-21(9-12-24(26)25-17-22(35-4)11-13-27(25)31)18-37-23-8-6-7-20(15-23)10-14-28(32)33/h6-9,11-13,15-17,29H,10,14,18-19H2,1-5H3,(H,32,33). The number of carboxylic acid groups (broad SMARTS) is 1. The van der Waals surface area contributed by atoms with Gasteiger partial charge in [-0.3, -0.25) is 4.79 Å². The van der Waals surface area contributed by atoms with Gasteiger partial charge in [0, 0.05) is 31.6 Å². The first-order chi connectivity index (χ1) is 17.7. The molecule has 7 heteroatoms. The summed E-state index contributed by atoms with van der Waals surface area (Å²) < 4.78 is 37.8. The van der Waals surface area contributed by atoms with E-state index in [9.17, 15) is 4.79 Å². The Bertz CT molecular complexity index is 1210. The SMILES string of the molecule is COCC(C)(C)C(OC)c1cc(COc2cccc(CCC(=O)O)c2)ccc1-c1cc(OC)ccc1F. The minimum atomic E-state index is -0.837. The fourth-order valence-electron chi connectivity index (χ4n) is 4.53. The first-order valence-corrected chi connectivity index (χ1v) is 12.1. The van der Waals surface area contributed by atoms with E-state index in [0.29, 0.717) is 35.7 Å². The van der Waals surface area contributed by atoms with Crippen molar-refractivity contribution in [1.29, 1.82) is 0 Å². The molecule has 3 aromatic rings. The van der Waals surface area contributed by atoms with Crippen molar-refractivity contribution in [3.8, 4) is 22.6 Å². The number of aryl methyl sites for hydroxylation is 1. The summed E-state index contributed by atoms with van der Waals surface area (Å²) in [6.07, 6.45) is 0.0964. The van der Waals surface area contributed by atoms with Crippen molar-refractivity contribution in [2.75, 3.05) is 27.9 Å². The van der Waals surface area contributed by atoms with E-state index in [4.69, 9.17) is 24.1 Å². The van der Waals surface area contributed by atoms with Crippen LogP contribution in [0.3, 0.4) is 0 Å². The molecule has 0 fully saturated rings. The third kappa shape index (κ3) is 7.31. The Hall–Kier alpha value is -3.42. The summed E-state index contributed by atoms with van der Waals surface area (Å²) in [5.74, 6) is 0.0113. The van der Waals surface area contributed by atoms with Gasteiger partial charge in [-0.25, -0.2) is 4.39 Å². The van der Waals surface area contributed by atoms with Gasteiger partial charge in [0.2, 0.25) is 0 Å². The van der Waals surface area contributed by atoms with Crippen LogP contribution in [0.5, 0.6) is 11.5 Å². The third-order valence-corrected chi connectivity index (χ3v) is 6.26. The molecule has 37 heavy (non-hydrogen) atoms. The summed E-state index contributed by atoms with van der Waals surface area (Å²) in [7, 11) is 4.83. The highest BCUT2D eigenvalue weighted by molar-refractivity contribution is 5.70. The second-order valence-corrected chi connectivity index (χ2v) is 9.63. The highest BCUT2D eigenvalue weighted by Crippen LogP contribution is 2.42. The summed E-state index contributed by atoms with van der Waals surface area (Å²) in [4.78, 5) is 10.9. The topological polar surface area (TPSA) is 74.2 Å².